The van der Waals surface area contributed by atoms with E-state index in [-0.39, 0.29) is 11.2 Å². The summed E-state index contributed by atoms with van der Waals surface area (Å²) in [6.07, 6.45) is 18.8. The van der Waals surface area contributed by atoms with Crippen LogP contribution in [0.5, 0.6) is 0 Å². The standard InChI is InChI=1S/C20H30O2/c1-4-6-8-10-15-20(3)16-14-19(22)18(20)13-12-17(21)11-9-7-5-2/h7-10,13-14,16-17,21H,4-6,11-12,15H2,1-3H3/b9-7-,10-8-,18-13-/t17-,20-/m0/s1. The summed E-state index contributed by atoms with van der Waals surface area (Å²) in [4.78, 5) is 12.1. The summed E-state index contributed by atoms with van der Waals surface area (Å²) in [6.45, 7) is 6.33. The van der Waals surface area contributed by atoms with Crippen molar-refractivity contribution in [2.45, 2.75) is 65.4 Å². The molecule has 0 bridgehead atoms. The first-order valence-electron chi connectivity index (χ1n) is 8.45. The van der Waals surface area contributed by atoms with Crippen molar-refractivity contribution in [1.29, 1.82) is 0 Å². The van der Waals surface area contributed by atoms with Crippen LogP contribution >= 0.6 is 0 Å². The number of aliphatic hydroxyl groups excluding tert-OH is 1. The molecule has 122 valence electrons. The molecule has 0 aromatic rings. The second kappa shape index (κ2) is 9.58. The van der Waals surface area contributed by atoms with E-state index in [0.29, 0.717) is 12.8 Å². The maximum Gasteiger partial charge on any atom is 0.182 e. The molecule has 0 radical (unpaired) electrons. The van der Waals surface area contributed by atoms with Crippen LogP contribution in [0.2, 0.25) is 0 Å². The number of hydrogen-bond acceptors (Lipinski definition) is 2. The lowest BCUT2D eigenvalue weighted by atomic mass is 9.80. The highest BCUT2D eigenvalue weighted by Crippen LogP contribution is 2.39. The Morgan fingerprint density at radius 3 is 2.64 bits per heavy atom. The summed E-state index contributed by atoms with van der Waals surface area (Å²) in [5.74, 6) is 0.0858. The highest BCUT2D eigenvalue weighted by molar-refractivity contribution is 6.08. The van der Waals surface area contributed by atoms with E-state index in [9.17, 15) is 9.90 Å². The fourth-order valence-corrected chi connectivity index (χ4v) is 2.62. The average Bonchev–Trinajstić information content (AvgIpc) is 2.77. The fraction of sp³-hybridized carbons (Fsp3) is 0.550. The molecule has 1 rings (SSSR count). The smallest absolute Gasteiger partial charge is 0.182 e. The van der Waals surface area contributed by atoms with Gasteiger partial charge in [0, 0.05) is 11.0 Å². The van der Waals surface area contributed by atoms with Gasteiger partial charge in [0.25, 0.3) is 0 Å². The van der Waals surface area contributed by atoms with E-state index in [1.165, 1.54) is 0 Å². The van der Waals surface area contributed by atoms with Gasteiger partial charge in [-0.25, -0.2) is 0 Å². The van der Waals surface area contributed by atoms with Gasteiger partial charge in [0.2, 0.25) is 0 Å². The zero-order chi connectivity index (χ0) is 16.4. The van der Waals surface area contributed by atoms with Crippen molar-refractivity contribution in [2.75, 3.05) is 0 Å². The van der Waals surface area contributed by atoms with Gasteiger partial charge in [0.1, 0.15) is 0 Å². The predicted octanol–water partition coefficient (Wildman–Crippen LogP) is 4.91. The number of carbonyl (C=O) groups excluding carboxylic acids is 1. The minimum absolute atomic E-state index is 0.0858. The van der Waals surface area contributed by atoms with Crippen LogP contribution in [0.3, 0.4) is 0 Å². The van der Waals surface area contributed by atoms with Crippen LogP contribution in [0.25, 0.3) is 0 Å². The molecule has 0 unspecified atom stereocenters. The molecule has 2 heteroatoms. The normalized spacial score (nSPS) is 25.1. The molecule has 0 aliphatic heterocycles. The van der Waals surface area contributed by atoms with Crippen molar-refractivity contribution in [1.82, 2.24) is 0 Å². The Hall–Kier alpha value is -1.41. The minimum atomic E-state index is -0.413. The summed E-state index contributed by atoms with van der Waals surface area (Å²) in [5, 5.41) is 10.00. The largest absolute Gasteiger partial charge is 0.392 e. The molecular weight excluding hydrogens is 272 g/mol. The summed E-state index contributed by atoms with van der Waals surface area (Å²) in [6, 6.07) is 0. The van der Waals surface area contributed by atoms with Gasteiger partial charge in [-0.1, -0.05) is 63.6 Å². The van der Waals surface area contributed by atoms with Crippen LogP contribution in [0, 0.1) is 5.41 Å². The Kier molecular flexibility index (Phi) is 8.11. The molecular formula is C20H30O2. The van der Waals surface area contributed by atoms with Crippen LogP contribution < -0.4 is 0 Å². The van der Waals surface area contributed by atoms with E-state index < -0.39 is 6.10 Å². The number of allylic oxidation sites excluding steroid dienone is 6. The van der Waals surface area contributed by atoms with Gasteiger partial charge in [-0.2, -0.15) is 0 Å². The minimum Gasteiger partial charge on any atom is -0.392 e. The van der Waals surface area contributed by atoms with Crippen LogP contribution in [0.15, 0.2) is 48.1 Å². The maximum atomic E-state index is 12.1. The van der Waals surface area contributed by atoms with Gasteiger partial charge < -0.3 is 5.11 Å². The monoisotopic (exact) mass is 302 g/mol. The molecule has 2 nitrogen and oxygen atoms in total. The summed E-state index contributed by atoms with van der Waals surface area (Å²) in [5.41, 5.74) is 0.604. The maximum absolute atomic E-state index is 12.1. The van der Waals surface area contributed by atoms with Crippen molar-refractivity contribution >= 4 is 5.78 Å². The lowest BCUT2D eigenvalue weighted by Crippen LogP contribution is -2.16. The second-order valence-corrected chi connectivity index (χ2v) is 6.20. The first-order valence-corrected chi connectivity index (χ1v) is 8.45. The van der Waals surface area contributed by atoms with Crippen molar-refractivity contribution in [2.24, 2.45) is 5.41 Å². The lowest BCUT2D eigenvalue weighted by molar-refractivity contribution is -0.111. The molecule has 1 aliphatic rings. The Morgan fingerprint density at radius 1 is 1.18 bits per heavy atom. The first-order chi connectivity index (χ1) is 10.5. The van der Waals surface area contributed by atoms with E-state index in [4.69, 9.17) is 0 Å². The Labute approximate surface area is 135 Å². The number of rotatable bonds is 9. The van der Waals surface area contributed by atoms with E-state index >= 15 is 0 Å². The van der Waals surface area contributed by atoms with Gasteiger partial charge >= 0.3 is 0 Å². The van der Waals surface area contributed by atoms with Crippen LogP contribution in [-0.4, -0.2) is 17.0 Å². The highest BCUT2D eigenvalue weighted by Gasteiger charge is 2.33. The molecule has 0 saturated carbocycles. The number of unbranched alkanes of at least 4 members (excludes halogenated alkanes) is 1. The first kappa shape index (κ1) is 18.6. The van der Waals surface area contributed by atoms with Crippen LogP contribution in [0.1, 0.15) is 59.3 Å². The highest BCUT2D eigenvalue weighted by atomic mass is 16.3. The SMILES string of the molecule is CC/C=C\C[C@H](O)C/C=C1/C(=O)C=C[C@]1(C)C/C=C\CCC. The molecule has 1 N–H and O–H groups in total. The van der Waals surface area contributed by atoms with Crippen molar-refractivity contribution < 1.29 is 9.90 Å². The molecule has 2 atom stereocenters. The fourth-order valence-electron chi connectivity index (χ4n) is 2.62. The molecule has 0 aromatic heterocycles. The van der Waals surface area contributed by atoms with E-state index in [2.05, 4.69) is 39.0 Å². The number of aliphatic hydroxyl groups is 1. The number of carbonyl (C=O) groups is 1. The molecule has 0 saturated heterocycles. The molecule has 1 aliphatic carbocycles. The number of ketones is 1. The van der Waals surface area contributed by atoms with Crippen molar-refractivity contribution in [3.63, 3.8) is 0 Å². The number of hydrogen-bond donors (Lipinski definition) is 1. The average molecular weight is 302 g/mol. The van der Waals surface area contributed by atoms with Gasteiger partial charge in [0.15, 0.2) is 5.78 Å². The summed E-state index contributed by atoms with van der Waals surface area (Å²) < 4.78 is 0. The van der Waals surface area contributed by atoms with Gasteiger partial charge in [-0.15, -0.1) is 0 Å². The molecule has 0 fully saturated rings. The van der Waals surface area contributed by atoms with Crippen LogP contribution in [0.4, 0.5) is 0 Å². The summed E-state index contributed by atoms with van der Waals surface area (Å²) >= 11 is 0. The van der Waals surface area contributed by atoms with Crippen molar-refractivity contribution in [3.8, 4) is 0 Å². The Balaban J connectivity index is 2.66. The van der Waals surface area contributed by atoms with Gasteiger partial charge in [0.05, 0.1) is 6.10 Å². The molecule has 0 heterocycles. The van der Waals surface area contributed by atoms with Gasteiger partial charge in [-0.3, -0.25) is 4.79 Å². The van der Waals surface area contributed by atoms with E-state index in [1.807, 2.05) is 18.2 Å². The molecule has 0 amide bonds. The topological polar surface area (TPSA) is 37.3 Å². The third-order valence-electron chi connectivity index (χ3n) is 4.05. The third-order valence-corrected chi connectivity index (χ3v) is 4.05. The molecule has 0 spiro atoms. The summed E-state index contributed by atoms with van der Waals surface area (Å²) in [7, 11) is 0. The molecule has 0 aromatic carbocycles. The second-order valence-electron chi connectivity index (χ2n) is 6.20. The zero-order valence-electron chi connectivity index (χ0n) is 14.2. The van der Waals surface area contributed by atoms with E-state index in [0.717, 1.165) is 31.3 Å². The third kappa shape index (κ3) is 5.76. The zero-order valence-corrected chi connectivity index (χ0v) is 14.2. The van der Waals surface area contributed by atoms with Crippen LogP contribution in [-0.2, 0) is 4.79 Å². The van der Waals surface area contributed by atoms with Crippen molar-refractivity contribution in [3.05, 3.63) is 48.1 Å². The Bertz CT molecular complexity index is 468. The quantitative estimate of drug-likeness (QED) is 0.485. The predicted molar refractivity (Wildman–Crippen MR) is 93.7 cm³/mol. The van der Waals surface area contributed by atoms with Gasteiger partial charge in [-0.05, 0) is 38.2 Å². The Morgan fingerprint density at radius 2 is 1.95 bits per heavy atom. The molecule has 22 heavy (non-hydrogen) atoms. The lowest BCUT2D eigenvalue weighted by Gasteiger charge is -2.22. The van der Waals surface area contributed by atoms with E-state index in [1.54, 1.807) is 6.08 Å².